The zero-order valence-electron chi connectivity index (χ0n) is 17.3. The van der Waals surface area contributed by atoms with E-state index in [0.717, 1.165) is 16.5 Å². The summed E-state index contributed by atoms with van der Waals surface area (Å²) < 4.78 is 17.2. The van der Waals surface area contributed by atoms with Gasteiger partial charge in [-0.1, -0.05) is 46.3 Å². The van der Waals surface area contributed by atoms with Gasteiger partial charge in [-0.05, 0) is 61.9 Å². The highest BCUT2D eigenvalue weighted by Crippen LogP contribution is 2.25. The van der Waals surface area contributed by atoms with Crippen molar-refractivity contribution in [2.45, 2.75) is 26.4 Å². The summed E-state index contributed by atoms with van der Waals surface area (Å²) in [6, 6.07) is 21.4. The molecule has 3 rings (SSSR count). The minimum absolute atomic E-state index is 0.207. The minimum Gasteiger partial charge on any atom is -0.492 e. The lowest BCUT2D eigenvalue weighted by molar-refractivity contribution is 0.0378. The summed E-state index contributed by atoms with van der Waals surface area (Å²) >= 11 is 3.39. The molecule has 0 unspecified atom stereocenters. The Morgan fingerprint density at radius 1 is 0.903 bits per heavy atom. The van der Waals surface area contributed by atoms with Gasteiger partial charge in [0.15, 0.2) is 0 Å². The van der Waals surface area contributed by atoms with Gasteiger partial charge in [-0.15, -0.1) is 0 Å². The Kier molecular flexibility index (Phi) is 7.84. The van der Waals surface area contributed by atoms with Crippen molar-refractivity contribution in [3.8, 4) is 11.5 Å². The zero-order valence-corrected chi connectivity index (χ0v) is 18.9. The van der Waals surface area contributed by atoms with E-state index >= 15 is 0 Å². The van der Waals surface area contributed by atoms with Crippen LogP contribution in [0.15, 0.2) is 77.3 Å². The Bertz CT molecular complexity index is 1030. The molecule has 0 spiro atoms. The van der Waals surface area contributed by atoms with E-state index < -0.39 is 11.9 Å². The fourth-order valence-electron chi connectivity index (χ4n) is 2.81. The predicted molar refractivity (Wildman–Crippen MR) is 122 cm³/mol. The van der Waals surface area contributed by atoms with Gasteiger partial charge in [-0.3, -0.25) is 0 Å². The van der Waals surface area contributed by atoms with E-state index in [-0.39, 0.29) is 6.10 Å². The second kappa shape index (κ2) is 10.8. The maximum absolute atomic E-state index is 12.8. The number of carbonyl (C=O) groups is 2. The molecular weight excluding hydrogens is 460 g/mol. The quantitative estimate of drug-likeness (QED) is 0.297. The van der Waals surface area contributed by atoms with Crippen LogP contribution >= 0.6 is 15.9 Å². The molecule has 0 aliphatic heterocycles. The lowest BCUT2D eigenvalue weighted by Crippen LogP contribution is -2.13. The third-order valence-electron chi connectivity index (χ3n) is 4.30. The molecule has 5 nitrogen and oxygen atoms in total. The van der Waals surface area contributed by atoms with E-state index in [2.05, 4.69) is 15.9 Å². The maximum Gasteiger partial charge on any atom is 0.347 e. The number of hydrogen-bond acceptors (Lipinski definition) is 5. The largest absolute Gasteiger partial charge is 0.492 e. The molecule has 3 aromatic rings. The molecule has 6 heteroatoms. The van der Waals surface area contributed by atoms with Gasteiger partial charge in [0.2, 0.25) is 0 Å². The lowest BCUT2D eigenvalue weighted by atomic mass is 10.1. The van der Waals surface area contributed by atoms with Gasteiger partial charge >= 0.3 is 11.9 Å². The van der Waals surface area contributed by atoms with Gasteiger partial charge in [-0.2, -0.15) is 0 Å². The van der Waals surface area contributed by atoms with Crippen LogP contribution in [-0.4, -0.2) is 24.6 Å². The Labute approximate surface area is 190 Å². The van der Waals surface area contributed by atoms with Crippen LogP contribution in [-0.2, 0) is 11.2 Å². The molecule has 0 saturated carbocycles. The second-order valence-corrected chi connectivity index (χ2v) is 8.01. The number of hydrogen-bond donors (Lipinski definition) is 0. The number of carbonyl (C=O) groups excluding carboxylic acids is 2. The molecule has 0 atom stereocenters. The van der Waals surface area contributed by atoms with Crippen molar-refractivity contribution < 1.29 is 23.8 Å². The van der Waals surface area contributed by atoms with Crippen molar-refractivity contribution in [1.29, 1.82) is 0 Å². The Morgan fingerprint density at radius 2 is 1.61 bits per heavy atom. The molecular formula is C25H23BrO5. The normalized spacial score (nSPS) is 10.6. The molecule has 3 aromatic carbocycles. The molecule has 31 heavy (non-hydrogen) atoms. The van der Waals surface area contributed by atoms with E-state index in [4.69, 9.17) is 14.2 Å². The first kappa shape index (κ1) is 22.6. The van der Waals surface area contributed by atoms with Crippen molar-refractivity contribution in [2.75, 3.05) is 6.61 Å². The van der Waals surface area contributed by atoms with Crippen molar-refractivity contribution in [1.82, 2.24) is 0 Å². The molecule has 0 aliphatic carbocycles. The zero-order chi connectivity index (χ0) is 22.2. The molecule has 0 aromatic heterocycles. The van der Waals surface area contributed by atoms with Crippen LogP contribution in [0.4, 0.5) is 0 Å². The topological polar surface area (TPSA) is 61.8 Å². The van der Waals surface area contributed by atoms with E-state index in [0.29, 0.717) is 29.2 Å². The number of rotatable bonds is 8. The minimum atomic E-state index is -0.548. The van der Waals surface area contributed by atoms with Crippen molar-refractivity contribution in [2.24, 2.45) is 0 Å². The summed E-state index contributed by atoms with van der Waals surface area (Å²) in [6.45, 7) is 4.00. The van der Waals surface area contributed by atoms with Crippen molar-refractivity contribution in [3.05, 3.63) is 94.0 Å². The highest BCUT2D eigenvalue weighted by molar-refractivity contribution is 9.10. The first-order valence-electron chi connectivity index (χ1n) is 9.92. The van der Waals surface area contributed by atoms with Gasteiger partial charge in [0.1, 0.15) is 17.1 Å². The molecule has 0 saturated heterocycles. The van der Waals surface area contributed by atoms with Crippen LogP contribution in [0.25, 0.3) is 0 Å². The van der Waals surface area contributed by atoms with E-state index in [1.54, 1.807) is 50.2 Å². The molecule has 0 aliphatic rings. The summed E-state index contributed by atoms with van der Waals surface area (Å²) in [5, 5.41) is 0. The average Bonchev–Trinajstić information content (AvgIpc) is 2.75. The first-order chi connectivity index (χ1) is 14.9. The number of benzene rings is 3. The van der Waals surface area contributed by atoms with Crippen LogP contribution < -0.4 is 9.47 Å². The molecule has 0 N–H and O–H groups in total. The van der Waals surface area contributed by atoms with Gasteiger partial charge in [-0.25, -0.2) is 9.59 Å². The molecule has 0 radical (unpaired) electrons. The van der Waals surface area contributed by atoms with Gasteiger partial charge in [0, 0.05) is 10.9 Å². The second-order valence-electron chi connectivity index (χ2n) is 7.09. The fraction of sp³-hybridized carbons (Fsp3) is 0.200. The molecule has 0 bridgehead atoms. The first-order valence-corrected chi connectivity index (χ1v) is 10.7. The van der Waals surface area contributed by atoms with Crippen LogP contribution in [0.1, 0.15) is 40.1 Å². The summed E-state index contributed by atoms with van der Waals surface area (Å²) in [5.41, 5.74) is 1.85. The molecule has 0 heterocycles. The summed E-state index contributed by atoms with van der Waals surface area (Å²) in [5.74, 6) is -0.204. The van der Waals surface area contributed by atoms with Gasteiger partial charge in [0.05, 0.1) is 18.3 Å². The van der Waals surface area contributed by atoms with E-state index in [1.165, 1.54) is 0 Å². The monoisotopic (exact) mass is 482 g/mol. The predicted octanol–water partition coefficient (Wildman–Crippen LogP) is 5.86. The van der Waals surface area contributed by atoms with Crippen LogP contribution in [0.3, 0.4) is 0 Å². The fourth-order valence-corrected chi connectivity index (χ4v) is 3.18. The average molecular weight is 483 g/mol. The van der Waals surface area contributed by atoms with E-state index in [1.807, 2.05) is 36.4 Å². The SMILES string of the molecule is CC(C)OC(=O)c1ccc(OC(=O)c2cc(Br)ccc2OCCc2ccccc2)cc1. The van der Waals surface area contributed by atoms with Crippen LogP contribution in [0, 0.1) is 0 Å². The standard InChI is InChI=1S/C25H23BrO5/c1-17(2)30-24(27)19-8-11-21(12-9-19)31-25(28)22-16-20(26)10-13-23(22)29-15-14-18-6-4-3-5-7-18/h3-13,16-17H,14-15H2,1-2H3. The molecule has 160 valence electrons. The third-order valence-corrected chi connectivity index (χ3v) is 4.79. The van der Waals surface area contributed by atoms with Crippen LogP contribution in [0.5, 0.6) is 11.5 Å². The Balaban J connectivity index is 1.66. The molecule has 0 amide bonds. The number of halogens is 1. The Morgan fingerprint density at radius 3 is 2.29 bits per heavy atom. The van der Waals surface area contributed by atoms with Crippen LogP contribution in [0.2, 0.25) is 0 Å². The van der Waals surface area contributed by atoms with Crippen molar-refractivity contribution in [3.63, 3.8) is 0 Å². The summed E-state index contributed by atoms with van der Waals surface area (Å²) in [4.78, 5) is 24.7. The third kappa shape index (κ3) is 6.69. The highest BCUT2D eigenvalue weighted by atomic mass is 79.9. The van der Waals surface area contributed by atoms with E-state index in [9.17, 15) is 9.59 Å². The number of esters is 2. The van der Waals surface area contributed by atoms with Gasteiger partial charge < -0.3 is 14.2 Å². The highest BCUT2D eigenvalue weighted by Gasteiger charge is 2.17. The van der Waals surface area contributed by atoms with Crippen molar-refractivity contribution >= 4 is 27.9 Å². The summed E-state index contributed by atoms with van der Waals surface area (Å²) in [7, 11) is 0. The van der Waals surface area contributed by atoms with Gasteiger partial charge in [0.25, 0.3) is 0 Å². The molecule has 0 fully saturated rings. The maximum atomic E-state index is 12.8. The number of ether oxygens (including phenoxy) is 3. The Hall–Kier alpha value is -3.12. The lowest BCUT2D eigenvalue weighted by Gasteiger charge is -2.12. The smallest absolute Gasteiger partial charge is 0.347 e. The summed E-state index contributed by atoms with van der Waals surface area (Å²) in [6.07, 6.45) is 0.515.